The second-order valence-electron chi connectivity index (χ2n) is 4.16. The van der Waals surface area contributed by atoms with Gasteiger partial charge in [0.2, 0.25) is 0 Å². The van der Waals surface area contributed by atoms with Gasteiger partial charge < -0.3 is 5.11 Å². The molecule has 1 N–H and O–H groups in total. The molecule has 2 rings (SSSR count). The molecule has 5 heteroatoms. The third-order valence-corrected chi connectivity index (χ3v) is 3.64. The van der Waals surface area contributed by atoms with Crippen molar-refractivity contribution in [2.45, 2.75) is 19.9 Å². The molecule has 0 aliphatic carbocycles. The second-order valence-corrected chi connectivity index (χ2v) is 5.22. The second kappa shape index (κ2) is 4.71. The van der Waals surface area contributed by atoms with Crippen molar-refractivity contribution in [1.29, 1.82) is 0 Å². The van der Waals surface area contributed by atoms with Crippen LogP contribution in [-0.4, -0.2) is 15.0 Å². The largest absolute Gasteiger partial charge is 0.481 e. The van der Waals surface area contributed by atoms with E-state index in [0.29, 0.717) is 11.9 Å². The summed E-state index contributed by atoms with van der Waals surface area (Å²) in [6.07, 6.45) is 0.0840. The topological polar surface area (TPSA) is 59.3 Å². The number of rotatable bonds is 4. The first-order valence-electron chi connectivity index (χ1n) is 5.38. The van der Waals surface area contributed by atoms with Crippen LogP contribution >= 0.6 is 11.5 Å². The molecular formula is C12H13NO3S. The zero-order valence-electron chi connectivity index (χ0n) is 9.42. The monoisotopic (exact) mass is 251 g/mol. The van der Waals surface area contributed by atoms with Crippen LogP contribution in [0.1, 0.15) is 13.3 Å². The molecule has 0 radical (unpaired) electrons. The zero-order chi connectivity index (χ0) is 12.4. The van der Waals surface area contributed by atoms with E-state index in [1.165, 1.54) is 11.5 Å². The van der Waals surface area contributed by atoms with Gasteiger partial charge in [-0.05, 0) is 18.1 Å². The lowest BCUT2D eigenvalue weighted by molar-refractivity contribution is -0.138. The molecule has 0 spiro atoms. The summed E-state index contributed by atoms with van der Waals surface area (Å²) in [6.45, 7) is 2.30. The highest BCUT2D eigenvalue weighted by Gasteiger charge is 2.12. The zero-order valence-corrected chi connectivity index (χ0v) is 10.2. The Labute approximate surface area is 102 Å². The molecule has 1 aromatic carbocycles. The van der Waals surface area contributed by atoms with E-state index in [1.807, 2.05) is 25.1 Å². The SMILES string of the molecule is CC(CC(=O)O)Cn1sc2ccccc2c1=O. The number of aromatic nitrogens is 1. The maximum Gasteiger partial charge on any atom is 0.303 e. The van der Waals surface area contributed by atoms with Crippen molar-refractivity contribution in [3.63, 3.8) is 0 Å². The van der Waals surface area contributed by atoms with E-state index >= 15 is 0 Å². The predicted octanol–water partition coefficient (Wildman–Crippen LogP) is 2.17. The Hall–Kier alpha value is -1.62. The number of aliphatic carboxylic acids is 1. The van der Waals surface area contributed by atoms with Gasteiger partial charge in [0, 0.05) is 13.0 Å². The van der Waals surface area contributed by atoms with E-state index < -0.39 is 5.97 Å². The minimum atomic E-state index is -0.827. The standard InChI is InChI=1S/C12H13NO3S/c1-8(6-11(14)15)7-13-12(16)9-4-2-3-5-10(9)17-13/h2-5,8H,6-7H2,1H3,(H,14,15). The van der Waals surface area contributed by atoms with Gasteiger partial charge in [0.15, 0.2) is 0 Å². The summed E-state index contributed by atoms with van der Waals surface area (Å²) >= 11 is 1.39. The van der Waals surface area contributed by atoms with Gasteiger partial charge in [0.1, 0.15) is 0 Å². The molecule has 2 aromatic rings. The molecule has 0 fully saturated rings. The van der Waals surface area contributed by atoms with Crippen molar-refractivity contribution in [2.24, 2.45) is 5.92 Å². The lowest BCUT2D eigenvalue weighted by atomic mass is 10.1. The van der Waals surface area contributed by atoms with E-state index in [4.69, 9.17) is 5.11 Å². The number of carboxylic acids is 1. The summed E-state index contributed by atoms with van der Waals surface area (Å²) in [6, 6.07) is 7.43. The summed E-state index contributed by atoms with van der Waals surface area (Å²) in [5, 5.41) is 9.40. The number of carboxylic acid groups (broad SMARTS) is 1. The number of fused-ring (bicyclic) bond motifs is 1. The number of benzene rings is 1. The average molecular weight is 251 g/mol. The van der Waals surface area contributed by atoms with E-state index in [-0.39, 0.29) is 17.9 Å². The molecule has 1 atom stereocenters. The molecule has 1 unspecified atom stereocenters. The molecule has 0 saturated heterocycles. The summed E-state index contributed by atoms with van der Waals surface area (Å²) < 4.78 is 2.58. The molecular weight excluding hydrogens is 238 g/mol. The normalized spacial score (nSPS) is 12.8. The van der Waals surface area contributed by atoms with Gasteiger partial charge in [-0.2, -0.15) is 0 Å². The van der Waals surface area contributed by atoms with Crippen molar-refractivity contribution >= 4 is 27.6 Å². The van der Waals surface area contributed by atoms with Gasteiger partial charge in [-0.1, -0.05) is 30.6 Å². The van der Waals surface area contributed by atoms with Gasteiger partial charge in [0.05, 0.1) is 10.1 Å². The van der Waals surface area contributed by atoms with Crippen LogP contribution in [0, 0.1) is 5.92 Å². The highest BCUT2D eigenvalue weighted by Crippen LogP contribution is 2.17. The van der Waals surface area contributed by atoms with E-state index in [9.17, 15) is 9.59 Å². The lowest BCUT2D eigenvalue weighted by Crippen LogP contribution is -2.19. The van der Waals surface area contributed by atoms with Crippen LogP contribution in [0.4, 0.5) is 0 Å². The van der Waals surface area contributed by atoms with Gasteiger partial charge in [0.25, 0.3) is 5.56 Å². The van der Waals surface area contributed by atoms with Crippen LogP contribution in [0.15, 0.2) is 29.1 Å². The van der Waals surface area contributed by atoms with Gasteiger partial charge in [-0.3, -0.25) is 13.5 Å². The molecule has 1 aromatic heterocycles. The Balaban J connectivity index is 2.27. The first-order valence-corrected chi connectivity index (χ1v) is 6.16. The Morgan fingerprint density at radius 3 is 2.82 bits per heavy atom. The molecule has 90 valence electrons. The summed E-state index contributed by atoms with van der Waals surface area (Å²) in [5.74, 6) is -0.870. The maximum atomic E-state index is 12.0. The Bertz CT molecular complexity index is 599. The van der Waals surface area contributed by atoms with Crippen LogP contribution in [0.5, 0.6) is 0 Å². The van der Waals surface area contributed by atoms with Crippen molar-refractivity contribution in [1.82, 2.24) is 3.96 Å². The molecule has 0 bridgehead atoms. The molecule has 0 aliphatic rings. The first-order chi connectivity index (χ1) is 8.08. The van der Waals surface area contributed by atoms with Gasteiger partial charge >= 0.3 is 5.97 Å². The molecule has 0 amide bonds. The van der Waals surface area contributed by atoms with Crippen LogP contribution in [0.2, 0.25) is 0 Å². The van der Waals surface area contributed by atoms with Crippen molar-refractivity contribution < 1.29 is 9.90 Å². The first kappa shape index (κ1) is 11.9. The molecule has 0 saturated carbocycles. The number of carbonyl (C=O) groups is 1. The highest BCUT2D eigenvalue weighted by atomic mass is 32.1. The summed E-state index contributed by atoms with van der Waals surface area (Å²) in [4.78, 5) is 22.5. The Morgan fingerprint density at radius 1 is 1.47 bits per heavy atom. The summed E-state index contributed by atoms with van der Waals surface area (Å²) in [5.41, 5.74) is -0.0251. The highest BCUT2D eigenvalue weighted by molar-refractivity contribution is 7.13. The Kier molecular flexibility index (Phi) is 3.28. The van der Waals surface area contributed by atoms with E-state index in [0.717, 1.165) is 4.70 Å². The van der Waals surface area contributed by atoms with E-state index in [1.54, 1.807) is 10.0 Å². The smallest absolute Gasteiger partial charge is 0.303 e. The van der Waals surface area contributed by atoms with Crippen molar-refractivity contribution in [2.75, 3.05) is 0 Å². The third-order valence-electron chi connectivity index (χ3n) is 2.55. The Morgan fingerprint density at radius 2 is 2.18 bits per heavy atom. The fourth-order valence-corrected chi connectivity index (χ4v) is 2.92. The van der Waals surface area contributed by atoms with Gasteiger partial charge in [-0.25, -0.2) is 0 Å². The van der Waals surface area contributed by atoms with E-state index in [2.05, 4.69) is 0 Å². The molecule has 1 heterocycles. The molecule has 4 nitrogen and oxygen atoms in total. The predicted molar refractivity (Wildman–Crippen MR) is 67.5 cm³/mol. The van der Waals surface area contributed by atoms with Crippen molar-refractivity contribution in [3.05, 3.63) is 34.6 Å². The van der Waals surface area contributed by atoms with Crippen molar-refractivity contribution in [3.8, 4) is 0 Å². The fraction of sp³-hybridized carbons (Fsp3) is 0.333. The average Bonchev–Trinajstić information content (AvgIpc) is 2.55. The number of hydrogen-bond acceptors (Lipinski definition) is 3. The third kappa shape index (κ3) is 2.55. The molecule has 0 aliphatic heterocycles. The minimum absolute atomic E-state index is 0.0251. The minimum Gasteiger partial charge on any atom is -0.481 e. The van der Waals surface area contributed by atoms with Crippen LogP contribution in [-0.2, 0) is 11.3 Å². The summed E-state index contributed by atoms with van der Waals surface area (Å²) in [7, 11) is 0. The fourth-order valence-electron chi connectivity index (χ4n) is 1.78. The quantitative estimate of drug-likeness (QED) is 0.906. The van der Waals surface area contributed by atoms with Crippen LogP contribution in [0.3, 0.4) is 0 Å². The van der Waals surface area contributed by atoms with Crippen LogP contribution in [0.25, 0.3) is 10.1 Å². The maximum absolute atomic E-state index is 12.0. The van der Waals surface area contributed by atoms with Gasteiger partial charge in [-0.15, -0.1) is 0 Å². The van der Waals surface area contributed by atoms with Crippen LogP contribution < -0.4 is 5.56 Å². The number of hydrogen-bond donors (Lipinski definition) is 1. The molecule has 17 heavy (non-hydrogen) atoms. The number of nitrogens with zero attached hydrogens (tertiary/aromatic N) is 1. The lowest BCUT2D eigenvalue weighted by Gasteiger charge is -2.07.